The quantitative estimate of drug-likeness (QED) is 0.760. The number of halogens is 1. The summed E-state index contributed by atoms with van der Waals surface area (Å²) in [7, 11) is 0. The Hall–Kier alpha value is -0.830. The van der Waals surface area contributed by atoms with Gasteiger partial charge < -0.3 is 5.32 Å². The van der Waals surface area contributed by atoms with Crippen molar-refractivity contribution in [1.82, 2.24) is 5.32 Å². The average Bonchev–Trinajstić information content (AvgIpc) is 2.37. The van der Waals surface area contributed by atoms with Crippen LogP contribution in [-0.4, -0.2) is 17.8 Å². The predicted molar refractivity (Wildman–Crippen MR) is 80.3 cm³/mol. The summed E-state index contributed by atoms with van der Waals surface area (Å²) in [6.07, 6.45) is 3.44. The molecule has 0 heterocycles. The first kappa shape index (κ1) is 15.2. The number of carbonyl (C=O) groups is 1. The maximum atomic E-state index is 11.9. The Kier molecular flexibility index (Phi) is 7.02. The number of hydrogen-bond donors (Lipinski definition) is 1. The molecule has 0 spiro atoms. The summed E-state index contributed by atoms with van der Waals surface area (Å²) >= 11 is 3.47. The molecule has 18 heavy (non-hydrogen) atoms. The highest BCUT2D eigenvalue weighted by atomic mass is 79.9. The van der Waals surface area contributed by atoms with Crippen molar-refractivity contribution in [3.05, 3.63) is 35.4 Å². The van der Waals surface area contributed by atoms with E-state index in [-0.39, 0.29) is 5.91 Å². The minimum absolute atomic E-state index is 0.0330. The van der Waals surface area contributed by atoms with Gasteiger partial charge in [0.15, 0.2) is 0 Å². The molecular weight excluding hydrogens is 290 g/mol. The zero-order valence-electron chi connectivity index (χ0n) is 11.2. The summed E-state index contributed by atoms with van der Waals surface area (Å²) in [4.78, 5) is 11.9. The molecule has 0 saturated carbocycles. The van der Waals surface area contributed by atoms with Crippen LogP contribution in [0.15, 0.2) is 24.3 Å². The van der Waals surface area contributed by atoms with E-state index in [2.05, 4.69) is 28.2 Å². The van der Waals surface area contributed by atoms with Gasteiger partial charge in [-0.2, -0.15) is 0 Å². The topological polar surface area (TPSA) is 29.1 Å². The number of benzene rings is 1. The van der Waals surface area contributed by atoms with Crippen molar-refractivity contribution in [2.45, 2.75) is 33.1 Å². The van der Waals surface area contributed by atoms with Gasteiger partial charge in [0.25, 0.3) is 5.91 Å². The van der Waals surface area contributed by atoms with Crippen LogP contribution < -0.4 is 5.32 Å². The van der Waals surface area contributed by atoms with Gasteiger partial charge in [0.2, 0.25) is 0 Å². The van der Waals surface area contributed by atoms with Crippen LogP contribution in [0.1, 0.15) is 42.1 Å². The zero-order valence-corrected chi connectivity index (χ0v) is 12.8. The molecule has 1 atom stereocenters. The monoisotopic (exact) mass is 311 g/mol. The first-order valence-corrected chi connectivity index (χ1v) is 7.70. The van der Waals surface area contributed by atoms with Crippen LogP contribution in [0.25, 0.3) is 0 Å². The van der Waals surface area contributed by atoms with Gasteiger partial charge in [0.05, 0.1) is 0 Å². The van der Waals surface area contributed by atoms with Gasteiger partial charge in [-0.1, -0.05) is 47.0 Å². The number of hydrogen-bond acceptors (Lipinski definition) is 1. The standard InChI is InChI=1S/C15H22BrNO/c1-3-4-13(9-10-16)11-17-15(18)14-7-5-12(2)6-8-14/h5-8,13H,3-4,9-11H2,1-2H3,(H,17,18). The molecule has 0 radical (unpaired) electrons. The van der Waals surface area contributed by atoms with E-state index in [0.29, 0.717) is 5.92 Å². The van der Waals surface area contributed by atoms with Gasteiger partial charge in [-0.3, -0.25) is 4.79 Å². The summed E-state index contributed by atoms with van der Waals surface area (Å²) in [6, 6.07) is 7.70. The third-order valence-corrected chi connectivity index (χ3v) is 3.54. The fourth-order valence-corrected chi connectivity index (χ4v) is 2.60. The average molecular weight is 312 g/mol. The van der Waals surface area contributed by atoms with Gasteiger partial charge in [-0.15, -0.1) is 0 Å². The fraction of sp³-hybridized carbons (Fsp3) is 0.533. The maximum Gasteiger partial charge on any atom is 0.251 e. The van der Waals surface area contributed by atoms with E-state index < -0.39 is 0 Å². The highest BCUT2D eigenvalue weighted by Gasteiger charge is 2.10. The van der Waals surface area contributed by atoms with E-state index >= 15 is 0 Å². The summed E-state index contributed by atoms with van der Waals surface area (Å²) in [5.74, 6) is 0.606. The lowest BCUT2D eigenvalue weighted by Gasteiger charge is -2.15. The van der Waals surface area contributed by atoms with Crippen LogP contribution in [-0.2, 0) is 0 Å². The first-order chi connectivity index (χ1) is 8.67. The lowest BCUT2D eigenvalue weighted by Crippen LogP contribution is -2.29. The van der Waals surface area contributed by atoms with Gasteiger partial charge in [-0.05, 0) is 37.8 Å². The van der Waals surface area contributed by atoms with Crippen molar-refractivity contribution >= 4 is 21.8 Å². The van der Waals surface area contributed by atoms with E-state index in [1.165, 1.54) is 12.0 Å². The maximum absolute atomic E-state index is 11.9. The number of alkyl halides is 1. The van der Waals surface area contributed by atoms with Crippen LogP contribution >= 0.6 is 15.9 Å². The van der Waals surface area contributed by atoms with Crippen molar-refractivity contribution in [2.75, 3.05) is 11.9 Å². The van der Waals surface area contributed by atoms with Crippen LogP contribution in [0, 0.1) is 12.8 Å². The molecule has 0 fully saturated rings. The minimum Gasteiger partial charge on any atom is -0.352 e. The van der Waals surface area contributed by atoms with Crippen LogP contribution in [0.2, 0.25) is 0 Å². The summed E-state index contributed by atoms with van der Waals surface area (Å²) in [5.41, 5.74) is 1.92. The molecule has 1 amide bonds. The van der Waals surface area contributed by atoms with Crippen molar-refractivity contribution in [2.24, 2.45) is 5.92 Å². The van der Waals surface area contributed by atoms with Crippen LogP contribution in [0.3, 0.4) is 0 Å². The van der Waals surface area contributed by atoms with E-state index in [4.69, 9.17) is 0 Å². The largest absolute Gasteiger partial charge is 0.352 e. The molecule has 2 nitrogen and oxygen atoms in total. The Bertz CT molecular complexity index is 355. The molecule has 1 aromatic rings. The molecule has 0 bridgehead atoms. The van der Waals surface area contributed by atoms with E-state index in [1.54, 1.807) is 0 Å². The summed E-state index contributed by atoms with van der Waals surface area (Å²) in [6.45, 7) is 4.98. The highest BCUT2D eigenvalue weighted by molar-refractivity contribution is 9.09. The molecule has 0 aromatic heterocycles. The van der Waals surface area contributed by atoms with Gasteiger partial charge in [0.1, 0.15) is 0 Å². The number of nitrogens with one attached hydrogen (secondary N) is 1. The Morgan fingerprint density at radius 3 is 2.50 bits per heavy atom. The van der Waals surface area contributed by atoms with Crippen LogP contribution in [0.5, 0.6) is 0 Å². The number of rotatable bonds is 7. The first-order valence-electron chi connectivity index (χ1n) is 6.58. The van der Waals surface area contributed by atoms with E-state index in [0.717, 1.165) is 30.3 Å². The van der Waals surface area contributed by atoms with E-state index in [9.17, 15) is 4.79 Å². The number of amides is 1. The Morgan fingerprint density at radius 1 is 1.28 bits per heavy atom. The molecule has 0 saturated heterocycles. The lowest BCUT2D eigenvalue weighted by atomic mass is 10.0. The zero-order chi connectivity index (χ0) is 13.4. The molecule has 1 N–H and O–H groups in total. The smallest absolute Gasteiger partial charge is 0.251 e. The highest BCUT2D eigenvalue weighted by Crippen LogP contribution is 2.12. The normalized spacial score (nSPS) is 12.2. The lowest BCUT2D eigenvalue weighted by molar-refractivity contribution is 0.0946. The molecule has 1 unspecified atom stereocenters. The minimum atomic E-state index is 0.0330. The summed E-state index contributed by atoms with van der Waals surface area (Å²) < 4.78 is 0. The number of aryl methyl sites for hydroxylation is 1. The second-order valence-corrected chi connectivity index (χ2v) is 5.50. The molecular formula is C15H22BrNO. The van der Waals surface area contributed by atoms with Gasteiger partial charge >= 0.3 is 0 Å². The fourth-order valence-electron chi connectivity index (χ4n) is 1.96. The van der Waals surface area contributed by atoms with Gasteiger partial charge in [0, 0.05) is 17.4 Å². The Labute approximate surface area is 118 Å². The molecule has 0 aliphatic heterocycles. The molecule has 100 valence electrons. The van der Waals surface area contributed by atoms with Crippen molar-refractivity contribution in [1.29, 1.82) is 0 Å². The Balaban J connectivity index is 2.46. The summed E-state index contributed by atoms with van der Waals surface area (Å²) in [5, 5.41) is 4.03. The Morgan fingerprint density at radius 2 is 1.94 bits per heavy atom. The van der Waals surface area contributed by atoms with Crippen LogP contribution in [0.4, 0.5) is 0 Å². The van der Waals surface area contributed by atoms with E-state index in [1.807, 2.05) is 31.2 Å². The SMILES string of the molecule is CCCC(CCBr)CNC(=O)c1ccc(C)cc1. The molecule has 0 aliphatic rings. The molecule has 1 aromatic carbocycles. The molecule has 3 heteroatoms. The second-order valence-electron chi connectivity index (χ2n) is 4.71. The molecule has 1 rings (SSSR count). The van der Waals surface area contributed by atoms with Crippen molar-refractivity contribution in [3.63, 3.8) is 0 Å². The second kappa shape index (κ2) is 8.30. The third-order valence-electron chi connectivity index (χ3n) is 3.08. The van der Waals surface area contributed by atoms with Crippen molar-refractivity contribution in [3.8, 4) is 0 Å². The predicted octanol–water partition coefficient (Wildman–Crippen LogP) is 3.93. The van der Waals surface area contributed by atoms with Gasteiger partial charge in [-0.25, -0.2) is 0 Å². The molecule has 0 aliphatic carbocycles. The number of carbonyl (C=O) groups excluding carboxylic acids is 1. The van der Waals surface area contributed by atoms with Crippen molar-refractivity contribution < 1.29 is 4.79 Å². The third kappa shape index (κ3) is 5.21.